The van der Waals surface area contributed by atoms with Gasteiger partial charge in [-0.3, -0.25) is 0 Å². The molecule has 1 rings (SSSR count). The summed E-state index contributed by atoms with van der Waals surface area (Å²) in [6, 6.07) is 8.56. The minimum absolute atomic E-state index is 0.148. The first kappa shape index (κ1) is 11.9. The van der Waals surface area contributed by atoms with Crippen LogP contribution in [0, 0.1) is 0 Å². The summed E-state index contributed by atoms with van der Waals surface area (Å²) in [5, 5.41) is 0.148. The first-order valence-electron chi connectivity index (χ1n) is 4.19. The van der Waals surface area contributed by atoms with Gasteiger partial charge in [0.05, 0.1) is 4.90 Å². The van der Waals surface area contributed by atoms with Gasteiger partial charge >= 0.3 is 0 Å². The molecule has 5 heteroatoms. The van der Waals surface area contributed by atoms with Crippen molar-refractivity contribution in [1.82, 2.24) is 0 Å². The highest BCUT2D eigenvalue weighted by molar-refractivity contribution is 8.77. The predicted molar refractivity (Wildman–Crippen MR) is 64.2 cm³/mol. The van der Waals surface area contributed by atoms with Gasteiger partial charge in [-0.2, -0.15) is 0 Å². The fourth-order valence-corrected chi connectivity index (χ4v) is 5.19. The highest BCUT2D eigenvalue weighted by Gasteiger charge is 2.13. The van der Waals surface area contributed by atoms with Crippen LogP contribution in [-0.2, 0) is 9.84 Å². The maximum absolute atomic E-state index is 11.7. The van der Waals surface area contributed by atoms with Gasteiger partial charge in [0, 0.05) is 5.75 Å². The molecule has 78 valence electrons. The Morgan fingerprint density at radius 1 is 1.14 bits per heavy atom. The number of hydrogen-bond acceptors (Lipinski definition) is 4. The fourth-order valence-electron chi connectivity index (χ4n) is 0.877. The molecule has 2 nitrogen and oxygen atoms in total. The molecule has 0 amide bonds. The molecule has 0 N–H and O–H groups in total. The molecular weight excluding hydrogens is 236 g/mol. The molecule has 0 unspecified atom stereocenters. The second-order valence-corrected chi connectivity index (χ2v) is 7.68. The zero-order chi connectivity index (χ0) is 10.4. The summed E-state index contributed by atoms with van der Waals surface area (Å²) >= 11 is 0. The van der Waals surface area contributed by atoms with Crippen molar-refractivity contribution in [3.05, 3.63) is 30.3 Å². The van der Waals surface area contributed by atoms with E-state index in [-0.39, 0.29) is 5.08 Å². The van der Waals surface area contributed by atoms with Crippen LogP contribution >= 0.6 is 21.6 Å². The van der Waals surface area contributed by atoms with Gasteiger partial charge < -0.3 is 0 Å². The normalized spacial score (nSPS) is 11.5. The molecule has 0 saturated carbocycles. The lowest BCUT2D eigenvalue weighted by Crippen LogP contribution is -2.02. The highest BCUT2D eigenvalue weighted by atomic mass is 33.1. The molecule has 0 aliphatic rings. The predicted octanol–water partition coefficient (Wildman–Crippen LogP) is 2.82. The lowest BCUT2D eigenvalue weighted by molar-refractivity contribution is 0.601. The van der Waals surface area contributed by atoms with E-state index in [2.05, 4.69) is 0 Å². The van der Waals surface area contributed by atoms with Crippen molar-refractivity contribution in [1.29, 1.82) is 0 Å². The van der Waals surface area contributed by atoms with E-state index in [1.54, 1.807) is 35.1 Å². The van der Waals surface area contributed by atoms with Crippen LogP contribution < -0.4 is 0 Å². The quantitative estimate of drug-likeness (QED) is 0.593. The summed E-state index contributed by atoms with van der Waals surface area (Å²) in [5.74, 6) is 0.926. The maximum atomic E-state index is 11.7. The van der Waals surface area contributed by atoms with E-state index in [1.165, 1.54) is 10.8 Å². The minimum atomic E-state index is -3.09. The van der Waals surface area contributed by atoms with E-state index in [9.17, 15) is 8.42 Å². The van der Waals surface area contributed by atoms with E-state index in [4.69, 9.17) is 0 Å². The molecule has 0 spiro atoms. The molecule has 1 aromatic carbocycles. The van der Waals surface area contributed by atoms with E-state index in [1.807, 2.05) is 13.0 Å². The Labute approximate surface area is 92.8 Å². The molecule has 14 heavy (non-hydrogen) atoms. The summed E-state index contributed by atoms with van der Waals surface area (Å²) in [4.78, 5) is 0.407. The Bertz CT molecular complexity index is 359. The van der Waals surface area contributed by atoms with Crippen LogP contribution in [0.5, 0.6) is 0 Å². The number of sulfone groups is 1. The molecular formula is C9H12O2S3. The summed E-state index contributed by atoms with van der Waals surface area (Å²) < 4.78 is 23.3. The summed E-state index contributed by atoms with van der Waals surface area (Å²) in [6.07, 6.45) is 0. The van der Waals surface area contributed by atoms with Crippen LogP contribution in [0.1, 0.15) is 6.92 Å². The lowest BCUT2D eigenvalue weighted by atomic mass is 10.4. The highest BCUT2D eigenvalue weighted by Crippen LogP contribution is 2.25. The number of benzene rings is 1. The van der Waals surface area contributed by atoms with E-state index in [0.29, 0.717) is 4.90 Å². The first-order valence-corrected chi connectivity index (χ1v) is 8.33. The van der Waals surface area contributed by atoms with Gasteiger partial charge in [-0.25, -0.2) is 8.42 Å². The maximum Gasteiger partial charge on any atom is 0.188 e. The third-order valence-electron chi connectivity index (χ3n) is 1.51. The van der Waals surface area contributed by atoms with Crippen LogP contribution in [-0.4, -0.2) is 19.3 Å². The molecule has 0 fully saturated rings. The van der Waals surface area contributed by atoms with Crippen molar-refractivity contribution in [2.24, 2.45) is 0 Å². The molecule has 0 radical (unpaired) electrons. The number of rotatable bonds is 5. The first-order chi connectivity index (χ1) is 6.67. The van der Waals surface area contributed by atoms with Crippen LogP contribution in [0.15, 0.2) is 35.2 Å². The SMILES string of the molecule is CCSSCS(=O)(=O)c1ccccc1. The molecule has 1 aromatic rings. The van der Waals surface area contributed by atoms with Crippen molar-refractivity contribution in [3.8, 4) is 0 Å². The molecule has 0 atom stereocenters. The van der Waals surface area contributed by atoms with Crippen molar-refractivity contribution in [2.45, 2.75) is 11.8 Å². The average molecular weight is 248 g/mol. The Morgan fingerprint density at radius 2 is 1.79 bits per heavy atom. The second-order valence-electron chi connectivity index (χ2n) is 2.57. The molecule has 0 heterocycles. The molecule has 0 aliphatic carbocycles. The molecule has 0 aromatic heterocycles. The minimum Gasteiger partial charge on any atom is -0.223 e. The smallest absolute Gasteiger partial charge is 0.188 e. The van der Waals surface area contributed by atoms with Gasteiger partial charge in [-0.05, 0) is 12.1 Å². The van der Waals surface area contributed by atoms with E-state index < -0.39 is 9.84 Å². The average Bonchev–Trinajstić information content (AvgIpc) is 2.19. The second kappa shape index (κ2) is 5.68. The molecule has 0 bridgehead atoms. The summed E-state index contributed by atoms with van der Waals surface area (Å²) in [7, 11) is -0.140. The summed E-state index contributed by atoms with van der Waals surface area (Å²) in [6.45, 7) is 2.01. The Morgan fingerprint density at radius 3 is 2.36 bits per heavy atom. The van der Waals surface area contributed by atoms with Crippen molar-refractivity contribution >= 4 is 31.4 Å². The Hall–Kier alpha value is -0.130. The van der Waals surface area contributed by atoms with Crippen molar-refractivity contribution in [2.75, 3.05) is 10.8 Å². The van der Waals surface area contributed by atoms with Gasteiger partial charge in [0.2, 0.25) is 0 Å². The van der Waals surface area contributed by atoms with Crippen LogP contribution in [0.25, 0.3) is 0 Å². The standard InChI is InChI=1S/C9H12O2S3/c1-2-12-13-8-14(10,11)9-6-4-3-5-7-9/h3-7H,2,8H2,1H3. The number of hydrogen-bond donors (Lipinski definition) is 0. The lowest BCUT2D eigenvalue weighted by Gasteiger charge is -2.02. The summed E-state index contributed by atoms with van der Waals surface area (Å²) in [5.41, 5.74) is 0. The Kier molecular flexibility index (Phi) is 4.84. The largest absolute Gasteiger partial charge is 0.223 e. The zero-order valence-electron chi connectivity index (χ0n) is 7.84. The van der Waals surface area contributed by atoms with Crippen LogP contribution in [0.4, 0.5) is 0 Å². The van der Waals surface area contributed by atoms with Crippen molar-refractivity contribution in [3.63, 3.8) is 0 Å². The van der Waals surface area contributed by atoms with E-state index in [0.717, 1.165) is 5.75 Å². The van der Waals surface area contributed by atoms with Gasteiger partial charge in [0.25, 0.3) is 0 Å². The molecule has 0 aliphatic heterocycles. The fraction of sp³-hybridized carbons (Fsp3) is 0.333. The molecule has 0 saturated heterocycles. The van der Waals surface area contributed by atoms with E-state index >= 15 is 0 Å². The van der Waals surface area contributed by atoms with Crippen LogP contribution in [0.2, 0.25) is 0 Å². The van der Waals surface area contributed by atoms with Gasteiger partial charge in [0.1, 0.15) is 5.08 Å². The van der Waals surface area contributed by atoms with Gasteiger partial charge in [-0.1, -0.05) is 46.7 Å². The topological polar surface area (TPSA) is 34.1 Å². The monoisotopic (exact) mass is 248 g/mol. The Balaban J connectivity index is 2.67. The van der Waals surface area contributed by atoms with Gasteiger partial charge in [-0.15, -0.1) is 0 Å². The zero-order valence-corrected chi connectivity index (χ0v) is 10.3. The van der Waals surface area contributed by atoms with Crippen LogP contribution in [0.3, 0.4) is 0 Å². The van der Waals surface area contributed by atoms with Gasteiger partial charge in [0.15, 0.2) is 9.84 Å². The third kappa shape index (κ3) is 3.55. The van der Waals surface area contributed by atoms with Crippen molar-refractivity contribution < 1.29 is 8.42 Å². The third-order valence-corrected chi connectivity index (χ3v) is 6.60.